The van der Waals surface area contributed by atoms with Crippen molar-refractivity contribution in [1.82, 2.24) is 15.3 Å². The molecule has 20 heavy (non-hydrogen) atoms. The topological polar surface area (TPSA) is 60.7 Å². The van der Waals surface area contributed by atoms with Crippen LogP contribution in [0.15, 0.2) is 23.0 Å². The van der Waals surface area contributed by atoms with Gasteiger partial charge < -0.3 is 15.3 Å². The summed E-state index contributed by atoms with van der Waals surface area (Å²) in [7, 11) is 0. The molecule has 3 unspecified atom stereocenters. The molecule has 0 radical (unpaired) electrons. The molecule has 0 amide bonds. The Bertz CT molecular complexity index is 642. The molecule has 3 atom stereocenters. The van der Waals surface area contributed by atoms with Gasteiger partial charge in [-0.3, -0.25) is 0 Å². The van der Waals surface area contributed by atoms with E-state index in [1.54, 1.807) is 0 Å². The van der Waals surface area contributed by atoms with Crippen molar-refractivity contribution in [2.24, 2.45) is 11.8 Å². The zero-order valence-electron chi connectivity index (χ0n) is 12.2. The molecule has 108 valence electrons. The van der Waals surface area contributed by atoms with Crippen molar-refractivity contribution in [3.8, 4) is 0 Å². The van der Waals surface area contributed by atoms with Crippen LogP contribution in [0, 0.1) is 11.8 Å². The van der Waals surface area contributed by atoms with Crippen molar-refractivity contribution < 1.29 is 0 Å². The average molecular weight is 273 g/mol. The smallest absolute Gasteiger partial charge is 0.310 e. The molecule has 2 aromatic rings. The predicted octanol–water partition coefficient (Wildman–Crippen LogP) is 2.94. The SMILES string of the molecule is CCNC(c1ccc2[nH]c(=O)[nH]c2c1)C1CCCC1C. The summed E-state index contributed by atoms with van der Waals surface area (Å²) in [4.78, 5) is 17.0. The highest BCUT2D eigenvalue weighted by Crippen LogP contribution is 2.40. The molecule has 3 N–H and O–H groups in total. The van der Waals surface area contributed by atoms with Crippen LogP contribution in [0.1, 0.15) is 44.7 Å². The summed E-state index contributed by atoms with van der Waals surface area (Å²) in [6, 6.07) is 6.66. The molecular formula is C16H23N3O. The van der Waals surface area contributed by atoms with Gasteiger partial charge in [0.05, 0.1) is 11.0 Å². The lowest BCUT2D eigenvalue weighted by Gasteiger charge is -2.28. The Labute approximate surface area is 119 Å². The van der Waals surface area contributed by atoms with Gasteiger partial charge in [0.15, 0.2) is 0 Å². The number of hydrogen-bond donors (Lipinski definition) is 3. The average Bonchev–Trinajstić information content (AvgIpc) is 3.00. The van der Waals surface area contributed by atoms with Crippen LogP contribution in [-0.2, 0) is 0 Å². The van der Waals surface area contributed by atoms with Crippen LogP contribution in [0.3, 0.4) is 0 Å². The fourth-order valence-electron chi connectivity index (χ4n) is 3.65. The molecule has 0 bridgehead atoms. The molecule has 4 heteroatoms. The monoisotopic (exact) mass is 273 g/mol. The third-order valence-electron chi connectivity index (χ3n) is 4.68. The third kappa shape index (κ3) is 2.40. The van der Waals surface area contributed by atoms with Crippen LogP contribution in [-0.4, -0.2) is 16.5 Å². The molecule has 4 nitrogen and oxygen atoms in total. The maximum absolute atomic E-state index is 11.4. The number of fused-ring (bicyclic) bond motifs is 1. The van der Waals surface area contributed by atoms with Gasteiger partial charge in [-0.15, -0.1) is 0 Å². The Kier molecular flexibility index (Phi) is 3.66. The number of imidazole rings is 1. The summed E-state index contributed by atoms with van der Waals surface area (Å²) >= 11 is 0. The maximum atomic E-state index is 11.4. The van der Waals surface area contributed by atoms with Gasteiger partial charge in [0, 0.05) is 6.04 Å². The molecule has 0 aliphatic heterocycles. The van der Waals surface area contributed by atoms with E-state index in [0.717, 1.165) is 23.5 Å². The summed E-state index contributed by atoms with van der Waals surface area (Å²) in [6.45, 7) is 5.48. The number of nitrogens with one attached hydrogen (secondary N) is 3. The molecule has 1 saturated carbocycles. The number of hydrogen-bond acceptors (Lipinski definition) is 2. The van der Waals surface area contributed by atoms with Crippen molar-refractivity contribution >= 4 is 11.0 Å². The molecule has 0 saturated heterocycles. The summed E-state index contributed by atoms with van der Waals surface area (Å²) in [5.41, 5.74) is 2.94. The molecule has 1 fully saturated rings. The van der Waals surface area contributed by atoms with E-state index in [1.807, 2.05) is 6.07 Å². The second-order valence-corrected chi connectivity index (χ2v) is 5.99. The first-order valence-corrected chi connectivity index (χ1v) is 7.64. The van der Waals surface area contributed by atoms with Gasteiger partial charge in [0.1, 0.15) is 0 Å². The van der Waals surface area contributed by atoms with Gasteiger partial charge in [0.25, 0.3) is 0 Å². The minimum absolute atomic E-state index is 0.133. The van der Waals surface area contributed by atoms with Gasteiger partial charge in [-0.25, -0.2) is 4.79 Å². The molecule has 1 aliphatic carbocycles. The number of H-pyrrole nitrogens is 2. The van der Waals surface area contributed by atoms with Crippen molar-refractivity contribution in [3.05, 3.63) is 34.2 Å². The van der Waals surface area contributed by atoms with Crippen LogP contribution in [0.2, 0.25) is 0 Å². The summed E-state index contributed by atoms with van der Waals surface area (Å²) in [6.07, 6.45) is 3.95. The highest BCUT2D eigenvalue weighted by atomic mass is 16.1. The van der Waals surface area contributed by atoms with E-state index < -0.39 is 0 Å². The maximum Gasteiger partial charge on any atom is 0.323 e. The fourth-order valence-corrected chi connectivity index (χ4v) is 3.65. The van der Waals surface area contributed by atoms with E-state index in [0.29, 0.717) is 12.0 Å². The van der Waals surface area contributed by atoms with Gasteiger partial charge in [-0.05, 0) is 42.5 Å². The van der Waals surface area contributed by atoms with Crippen molar-refractivity contribution in [2.75, 3.05) is 6.54 Å². The first kappa shape index (κ1) is 13.4. The van der Waals surface area contributed by atoms with Gasteiger partial charge >= 0.3 is 5.69 Å². The van der Waals surface area contributed by atoms with E-state index in [1.165, 1.54) is 24.8 Å². The van der Waals surface area contributed by atoms with E-state index in [2.05, 4.69) is 41.3 Å². The molecule has 1 aromatic carbocycles. The lowest BCUT2D eigenvalue weighted by Crippen LogP contribution is -2.29. The zero-order chi connectivity index (χ0) is 14.1. The second-order valence-electron chi connectivity index (χ2n) is 5.99. The molecule has 1 aromatic heterocycles. The van der Waals surface area contributed by atoms with Crippen LogP contribution < -0.4 is 11.0 Å². The Hall–Kier alpha value is -1.55. The van der Waals surface area contributed by atoms with E-state index in [9.17, 15) is 4.79 Å². The lowest BCUT2D eigenvalue weighted by atomic mass is 9.85. The van der Waals surface area contributed by atoms with Crippen molar-refractivity contribution in [3.63, 3.8) is 0 Å². The van der Waals surface area contributed by atoms with E-state index in [4.69, 9.17) is 0 Å². The normalized spacial score (nSPS) is 24.3. The first-order chi connectivity index (χ1) is 9.69. The highest BCUT2D eigenvalue weighted by Gasteiger charge is 2.31. The lowest BCUT2D eigenvalue weighted by molar-refractivity contribution is 0.306. The minimum atomic E-state index is -0.133. The fraction of sp³-hybridized carbons (Fsp3) is 0.562. The summed E-state index contributed by atoms with van der Waals surface area (Å²) < 4.78 is 0. The largest absolute Gasteiger partial charge is 0.323 e. The minimum Gasteiger partial charge on any atom is -0.310 e. The molecule has 3 rings (SSSR count). The highest BCUT2D eigenvalue weighted by molar-refractivity contribution is 5.75. The molecule has 1 heterocycles. The standard InChI is InChI=1S/C16H23N3O/c1-3-17-15(12-6-4-5-10(12)2)11-7-8-13-14(9-11)19-16(20)18-13/h7-10,12,15,17H,3-6H2,1-2H3,(H2,18,19,20). The Morgan fingerprint density at radius 3 is 2.80 bits per heavy atom. The van der Waals surface area contributed by atoms with Crippen molar-refractivity contribution in [1.29, 1.82) is 0 Å². The van der Waals surface area contributed by atoms with Crippen LogP contribution in [0.25, 0.3) is 11.0 Å². The molecule has 0 spiro atoms. The van der Waals surface area contributed by atoms with Crippen LogP contribution >= 0.6 is 0 Å². The Morgan fingerprint density at radius 2 is 2.10 bits per heavy atom. The predicted molar refractivity (Wildman–Crippen MR) is 81.8 cm³/mol. The van der Waals surface area contributed by atoms with Crippen LogP contribution in [0.5, 0.6) is 0 Å². The summed E-state index contributed by atoms with van der Waals surface area (Å²) in [5, 5.41) is 3.64. The van der Waals surface area contributed by atoms with Crippen LogP contribution in [0.4, 0.5) is 0 Å². The first-order valence-electron chi connectivity index (χ1n) is 7.64. The van der Waals surface area contributed by atoms with E-state index >= 15 is 0 Å². The molecule has 1 aliphatic rings. The zero-order valence-corrected chi connectivity index (χ0v) is 12.2. The van der Waals surface area contributed by atoms with E-state index in [-0.39, 0.29) is 5.69 Å². The Morgan fingerprint density at radius 1 is 1.30 bits per heavy atom. The van der Waals surface area contributed by atoms with Gasteiger partial charge in [-0.2, -0.15) is 0 Å². The van der Waals surface area contributed by atoms with Gasteiger partial charge in [0.2, 0.25) is 0 Å². The second kappa shape index (κ2) is 5.44. The number of aromatic amines is 2. The van der Waals surface area contributed by atoms with Gasteiger partial charge in [-0.1, -0.05) is 32.8 Å². The Balaban J connectivity index is 1.97. The molecular weight excluding hydrogens is 250 g/mol. The third-order valence-corrected chi connectivity index (χ3v) is 4.68. The summed E-state index contributed by atoms with van der Waals surface area (Å²) in [5.74, 6) is 1.46. The number of rotatable bonds is 4. The number of aromatic nitrogens is 2. The van der Waals surface area contributed by atoms with Crippen molar-refractivity contribution in [2.45, 2.75) is 39.2 Å². The number of benzene rings is 1. The quantitative estimate of drug-likeness (QED) is 0.802.